The predicted octanol–water partition coefficient (Wildman–Crippen LogP) is 2.03. The van der Waals surface area contributed by atoms with Crippen LogP contribution in [0.4, 0.5) is 13.2 Å². The normalized spacial score (nSPS) is 14.9. The van der Waals surface area contributed by atoms with E-state index in [0.29, 0.717) is 19.3 Å². The van der Waals surface area contributed by atoms with Crippen LogP contribution in [0.2, 0.25) is 0 Å². The van der Waals surface area contributed by atoms with Gasteiger partial charge in [0.05, 0.1) is 31.7 Å². The number of hydrogen-bond acceptors (Lipinski definition) is 5. The molecule has 1 fully saturated rings. The second-order valence-corrected chi connectivity index (χ2v) is 5.23. The largest absolute Gasteiger partial charge is 0.471 e. The molecule has 0 saturated carbocycles. The molecule has 1 amide bonds. The minimum atomic E-state index is -4.44. The van der Waals surface area contributed by atoms with Crippen LogP contribution < -0.4 is 4.74 Å². The highest BCUT2D eigenvalue weighted by molar-refractivity contribution is 5.82. The molecule has 0 radical (unpaired) electrons. The average Bonchev–Trinajstić information content (AvgIpc) is 2.48. The van der Waals surface area contributed by atoms with Crippen molar-refractivity contribution in [2.24, 2.45) is 0 Å². The van der Waals surface area contributed by atoms with Crippen LogP contribution in [0.25, 0.3) is 0 Å². The van der Waals surface area contributed by atoms with Crippen molar-refractivity contribution in [3.63, 3.8) is 0 Å². The van der Waals surface area contributed by atoms with Gasteiger partial charge >= 0.3 is 12.1 Å². The molecular formula is C15H17F3N2O4. The molecule has 1 saturated heterocycles. The Balaban J connectivity index is 1.73. The molecule has 0 atom stereocenters. The minimum absolute atomic E-state index is 0.0230. The maximum absolute atomic E-state index is 12.4. The van der Waals surface area contributed by atoms with Crippen LogP contribution in [0.3, 0.4) is 0 Å². The van der Waals surface area contributed by atoms with E-state index in [1.807, 2.05) is 0 Å². The summed E-state index contributed by atoms with van der Waals surface area (Å²) in [5.41, 5.74) is -0.848. The third-order valence-corrected chi connectivity index (χ3v) is 3.40. The number of hydrogen-bond donors (Lipinski definition) is 0. The van der Waals surface area contributed by atoms with E-state index < -0.39 is 17.7 Å². The number of aromatic nitrogens is 1. The van der Waals surface area contributed by atoms with Gasteiger partial charge in [0.2, 0.25) is 11.8 Å². The van der Waals surface area contributed by atoms with E-state index in [-0.39, 0.29) is 37.3 Å². The quantitative estimate of drug-likeness (QED) is 0.738. The lowest BCUT2D eigenvalue weighted by molar-refractivity contribution is -0.148. The topological polar surface area (TPSA) is 68.7 Å². The standard InChI is InChI=1S/C15H17F3N2O4/c1-2-23-14(22)6-5-13(21)20-8-11(9-20)24-12-4-3-10(7-19-12)15(16,17)18/h3-4,7,11H,2,5-6,8-9H2,1H3. The van der Waals surface area contributed by atoms with Crippen LogP contribution in [0.1, 0.15) is 25.3 Å². The van der Waals surface area contributed by atoms with Crippen molar-refractivity contribution < 1.29 is 32.2 Å². The molecule has 1 aliphatic heterocycles. The van der Waals surface area contributed by atoms with E-state index in [9.17, 15) is 22.8 Å². The Labute approximate surface area is 136 Å². The van der Waals surface area contributed by atoms with Crippen molar-refractivity contribution in [2.45, 2.75) is 32.0 Å². The summed E-state index contributed by atoms with van der Waals surface area (Å²) in [6.07, 6.45) is -3.97. The van der Waals surface area contributed by atoms with Gasteiger partial charge in [-0.15, -0.1) is 0 Å². The molecule has 1 aliphatic rings. The number of alkyl halides is 3. The fraction of sp³-hybridized carbons (Fsp3) is 0.533. The number of carbonyl (C=O) groups excluding carboxylic acids is 2. The fourth-order valence-corrected chi connectivity index (χ4v) is 2.11. The van der Waals surface area contributed by atoms with Gasteiger partial charge in [-0.1, -0.05) is 0 Å². The molecule has 132 valence electrons. The highest BCUT2D eigenvalue weighted by Gasteiger charge is 2.33. The number of ether oxygens (including phenoxy) is 2. The zero-order chi connectivity index (χ0) is 17.7. The molecule has 0 bridgehead atoms. The molecule has 9 heteroatoms. The summed E-state index contributed by atoms with van der Waals surface area (Å²) in [4.78, 5) is 28.1. The first-order valence-corrected chi connectivity index (χ1v) is 7.43. The Bertz CT molecular complexity index is 583. The van der Waals surface area contributed by atoms with Crippen molar-refractivity contribution in [3.05, 3.63) is 23.9 Å². The number of halogens is 3. The van der Waals surface area contributed by atoms with Gasteiger partial charge in [0.25, 0.3) is 0 Å². The molecule has 0 unspecified atom stereocenters. The van der Waals surface area contributed by atoms with Crippen LogP contribution in [-0.2, 0) is 20.5 Å². The zero-order valence-corrected chi connectivity index (χ0v) is 13.0. The summed E-state index contributed by atoms with van der Waals surface area (Å²) in [6, 6.07) is 2.04. The highest BCUT2D eigenvalue weighted by atomic mass is 19.4. The van der Waals surface area contributed by atoms with E-state index in [4.69, 9.17) is 9.47 Å². The minimum Gasteiger partial charge on any atom is -0.471 e. The lowest BCUT2D eigenvalue weighted by Gasteiger charge is -2.38. The molecule has 24 heavy (non-hydrogen) atoms. The molecule has 0 N–H and O–H groups in total. The van der Waals surface area contributed by atoms with Crippen LogP contribution >= 0.6 is 0 Å². The summed E-state index contributed by atoms with van der Waals surface area (Å²) >= 11 is 0. The monoisotopic (exact) mass is 346 g/mol. The highest BCUT2D eigenvalue weighted by Crippen LogP contribution is 2.29. The summed E-state index contributed by atoms with van der Waals surface area (Å²) in [5, 5.41) is 0. The molecule has 6 nitrogen and oxygen atoms in total. The van der Waals surface area contributed by atoms with Gasteiger partial charge in [-0.05, 0) is 13.0 Å². The van der Waals surface area contributed by atoms with E-state index in [1.54, 1.807) is 6.92 Å². The first-order valence-electron chi connectivity index (χ1n) is 7.43. The lowest BCUT2D eigenvalue weighted by Crippen LogP contribution is -2.56. The number of pyridine rings is 1. The van der Waals surface area contributed by atoms with Gasteiger partial charge in [0, 0.05) is 18.7 Å². The maximum Gasteiger partial charge on any atom is 0.417 e. The molecule has 2 heterocycles. The fourth-order valence-electron chi connectivity index (χ4n) is 2.11. The molecule has 1 aromatic rings. The number of esters is 1. The second-order valence-electron chi connectivity index (χ2n) is 5.23. The summed E-state index contributed by atoms with van der Waals surface area (Å²) < 4.78 is 47.4. The summed E-state index contributed by atoms with van der Waals surface area (Å²) in [6.45, 7) is 2.58. The third-order valence-electron chi connectivity index (χ3n) is 3.40. The zero-order valence-electron chi connectivity index (χ0n) is 13.0. The van der Waals surface area contributed by atoms with E-state index in [0.717, 1.165) is 12.1 Å². The lowest BCUT2D eigenvalue weighted by atomic mass is 10.1. The van der Waals surface area contributed by atoms with Crippen LogP contribution in [-0.4, -0.2) is 47.6 Å². The third kappa shape index (κ3) is 4.84. The number of likely N-dealkylation sites (tertiary alicyclic amines) is 1. The Morgan fingerprint density at radius 2 is 2.00 bits per heavy atom. The molecule has 0 aromatic carbocycles. The SMILES string of the molecule is CCOC(=O)CCC(=O)N1CC(Oc2ccc(C(F)(F)F)cn2)C1. The molecular weight excluding hydrogens is 329 g/mol. The van der Waals surface area contributed by atoms with Gasteiger partial charge in [0.15, 0.2) is 0 Å². The first-order chi connectivity index (χ1) is 11.3. The first kappa shape index (κ1) is 18.0. The number of rotatable bonds is 6. The maximum atomic E-state index is 12.4. The average molecular weight is 346 g/mol. The van der Waals surface area contributed by atoms with Crippen molar-refractivity contribution in [2.75, 3.05) is 19.7 Å². The number of nitrogens with zero attached hydrogens (tertiary/aromatic N) is 2. The predicted molar refractivity (Wildman–Crippen MR) is 76.1 cm³/mol. The molecule has 0 spiro atoms. The van der Waals surface area contributed by atoms with Crippen LogP contribution in [0, 0.1) is 0 Å². The Morgan fingerprint density at radius 3 is 2.54 bits per heavy atom. The van der Waals surface area contributed by atoms with E-state index in [2.05, 4.69) is 4.98 Å². The summed E-state index contributed by atoms with van der Waals surface area (Å²) in [7, 11) is 0. The number of amides is 1. The van der Waals surface area contributed by atoms with E-state index >= 15 is 0 Å². The second kappa shape index (κ2) is 7.50. The Kier molecular flexibility index (Phi) is 5.63. The molecule has 0 aliphatic carbocycles. The smallest absolute Gasteiger partial charge is 0.417 e. The van der Waals surface area contributed by atoms with Crippen LogP contribution in [0.15, 0.2) is 18.3 Å². The van der Waals surface area contributed by atoms with Crippen molar-refractivity contribution in [3.8, 4) is 5.88 Å². The Morgan fingerprint density at radius 1 is 1.29 bits per heavy atom. The van der Waals surface area contributed by atoms with Gasteiger partial charge in [0.1, 0.15) is 6.10 Å². The van der Waals surface area contributed by atoms with Crippen molar-refractivity contribution in [1.82, 2.24) is 9.88 Å². The van der Waals surface area contributed by atoms with Crippen molar-refractivity contribution in [1.29, 1.82) is 0 Å². The van der Waals surface area contributed by atoms with Gasteiger partial charge in [-0.25, -0.2) is 4.98 Å². The molecule has 2 rings (SSSR count). The Hall–Kier alpha value is -2.32. The van der Waals surface area contributed by atoms with E-state index in [1.165, 1.54) is 4.90 Å². The summed E-state index contributed by atoms with van der Waals surface area (Å²) in [5.74, 6) is -0.539. The molecule has 1 aromatic heterocycles. The van der Waals surface area contributed by atoms with Gasteiger partial charge in [-0.2, -0.15) is 13.2 Å². The number of carbonyl (C=O) groups is 2. The van der Waals surface area contributed by atoms with Crippen LogP contribution in [0.5, 0.6) is 5.88 Å². The van der Waals surface area contributed by atoms with Crippen molar-refractivity contribution >= 4 is 11.9 Å². The van der Waals surface area contributed by atoms with Gasteiger partial charge in [-0.3, -0.25) is 9.59 Å². The van der Waals surface area contributed by atoms with Gasteiger partial charge < -0.3 is 14.4 Å².